The van der Waals surface area contributed by atoms with Gasteiger partial charge in [-0.2, -0.15) is 0 Å². The Labute approximate surface area is 156 Å². The molecule has 0 radical (unpaired) electrons. The highest BCUT2D eigenvalue weighted by Crippen LogP contribution is 2.20. The zero-order chi connectivity index (χ0) is 19.2. The molecule has 0 bridgehead atoms. The van der Waals surface area contributed by atoms with E-state index in [0.717, 1.165) is 17.9 Å². The van der Waals surface area contributed by atoms with E-state index in [1.807, 2.05) is 45.0 Å². The third-order valence-electron chi connectivity index (χ3n) is 3.35. The topological polar surface area (TPSA) is 84.3 Å². The highest BCUT2D eigenvalue weighted by molar-refractivity contribution is 5.79. The molecule has 0 spiro atoms. The first-order valence-corrected chi connectivity index (χ1v) is 9.10. The minimum Gasteiger partial charge on any atom is -0.491 e. The minimum absolute atomic E-state index is 0.0936. The van der Waals surface area contributed by atoms with Crippen LogP contribution in [-0.2, 0) is 9.47 Å². The molecule has 1 unspecified atom stereocenters. The highest BCUT2D eigenvalue weighted by atomic mass is 16.5. The van der Waals surface area contributed by atoms with E-state index in [0.29, 0.717) is 32.3 Å². The molecule has 3 N–H and O–H groups in total. The summed E-state index contributed by atoms with van der Waals surface area (Å²) in [7, 11) is 1.65. The Morgan fingerprint density at radius 1 is 1.19 bits per heavy atom. The van der Waals surface area contributed by atoms with Crippen molar-refractivity contribution in [3.63, 3.8) is 0 Å². The highest BCUT2D eigenvalue weighted by Gasteiger charge is 2.09. The first kappa shape index (κ1) is 22.2. The molecule has 0 aliphatic rings. The van der Waals surface area contributed by atoms with Crippen LogP contribution in [0.2, 0.25) is 0 Å². The van der Waals surface area contributed by atoms with E-state index in [1.165, 1.54) is 0 Å². The van der Waals surface area contributed by atoms with Crippen molar-refractivity contribution < 1.29 is 19.3 Å². The third-order valence-corrected chi connectivity index (χ3v) is 3.35. The summed E-state index contributed by atoms with van der Waals surface area (Å²) in [6, 6.07) is 7.48. The number of nitrogens with one attached hydrogen (secondary N) is 2. The predicted molar refractivity (Wildman–Crippen MR) is 104 cm³/mol. The summed E-state index contributed by atoms with van der Waals surface area (Å²) in [5.41, 5.74) is 0.783. The molecule has 7 nitrogen and oxygen atoms in total. The maximum absolute atomic E-state index is 10.4. The molecule has 0 aromatic heterocycles. The number of aliphatic hydroxyl groups is 1. The largest absolute Gasteiger partial charge is 0.491 e. The maximum atomic E-state index is 10.4. The summed E-state index contributed by atoms with van der Waals surface area (Å²) in [5.74, 6) is 1.40. The smallest absolute Gasteiger partial charge is 0.191 e. The summed E-state index contributed by atoms with van der Waals surface area (Å²) >= 11 is 0. The molecular weight excluding hydrogens is 334 g/mol. The molecule has 1 rings (SSSR count). The molecule has 0 heterocycles. The molecule has 0 saturated heterocycles. The summed E-state index contributed by atoms with van der Waals surface area (Å²) in [5, 5.41) is 16.7. The molecule has 0 saturated carbocycles. The van der Waals surface area contributed by atoms with Crippen molar-refractivity contribution in [2.75, 3.05) is 46.6 Å². The minimum atomic E-state index is -0.695. The van der Waals surface area contributed by atoms with Crippen molar-refractivity contribution in [2.45, 2.75) is 33.0 Å². The number of ether oxygens (including phenoxy) is 3. The lowest BCUT2D eigenvalue weighted by Gasteiger charge is -2.15. The first-order chi connectivity index (χ1) is 12.6. The van der Waals surface area contributed by atoms with E-state index in [4.69, 9.17) is 14.2 Å². The Morgan fingerprint density at radius 3 is 2.69 bits per heavy atom. The SMILES string of the molecule is CCNC(=NCC(O)c1cccc(OC(C)C)c1)NCCOCCOC. The predicted octanol–water partition coefficient (Wildman–Crippen LogP) is 1.73. The van der Waals surface area contributed by atoms with Crippen LogP contribution in [0.3, 0.4) is 0 Å². The van der Waals surface area contributed by atoms with E-state index in [9.17, 15) is 5.11 Å². The van der Waals surface area contributed by atoms with E-state index < -0.39 is 6.10 Å². The number of nitrogens with zero attached hydrogens (tertiary/aromatic N) is 1. The van der Waals surface area contributed by atoms with Crippen LogP contribution in [0.5, 0.6) is 5.75 Å². The van der Waals surface area contributed by atoms with Crippen LogP contribution in [0.25, 0.3) is 0 Å². The lowest BCUT2D eigenvalue weighted by molar-refractivity contribution is 0.0733. The Hall–Kier alpha value is -1.83. The van der Waals surface area contributed by atoms with Gasteiger partial charge in [0.15, 0.2) is 5.96 Å². The number of aliphatic hydroxyl groups excluding tert-OH is 1. The Balaban J connectivity index is 2.51. The molecule has 26 heavy (non-hydrogen) atoms. The zero-order valence-corrected chi connectivity index (χ0v) is 16.3. The van der Waals surface area contributed by atoms with Crippen LogP contribution in [0.4, 0.5) is 0 Å². The number of aliphatic imine (C=N–C) groups is 1. The van der Waals surface area contributed by atoms with Gasteiger partial charge in [-0.05, 0) is 38.5 Å². The van der Waals surface area contributed by atoms with Crippen molar-refractivity contribution in [1.29, 1.82) is 0 Å². The molecular formula is C19H33N3O4. The van der Waals surface area contributed by atoms with Crippen LogP contribution in [0.1, 0.15) is 32.4 Å². The fraction of sp³-hybridized carbons (Fsp3) is 0.632. The summed E-state index contributed by atoms with van der Waals surface area (Å²) in [4.78, 5) is 4.44. The van der Waals surface area contributed by atoms with Gasteiger partial charge in [-0.3, -0.25) is 4.99 Å². The molecule has 0 amide bonds. The lowest BCUT2D eigenvalue weighted by atomic mass is 10.1. The van der Waals surface area contributed by atoms with E-state index in [2.05, 4.69) is 15.6 Å². The van der Waals surface area contributed by atoms with Gasteiger partial charge in [-0.1, -0.05) is 12.1 Å². The van der Waals surface area contributed by atoms with Crippen molar-refractivity contribution in [3.05, 3.63) is 29.8 Å². The maximum Gasteiger partial charge on any atom is 0.191 e. The Kier molecular flexibility index (Phi) is 11.4. The number of hydrogen-bond acceptors (Lipinski definition) is 5. The van der Waals surface area contributed by atoms with Crippen molar-refractivity contribution in [1.82, 2.24) is 10.6 Å². The molecule has 0 aliphatic heterocycles. The van der Waals surface area contributed by atoms with Gasteiger partial charge in [0.25, 0.3) is 0 Å². The van der Waals surface area contributed by atoms with Gasteiger partial charge in [-0.15, -0.1) is 0 Å². The monoisotopic (exact) mass is 367 g/mol. The second kappa shape index (κ2) is 13.4. The van der Waals surface area contributed by atoms with E-state index in [-0.39, 0.29) is 12.6 Å². The second-order valence-electron chi connectivity index (χ2n) is 6.01. The van der Waals surface area contributed by atoms with Gasteiger partial charge in [0.05, 0.1) is 38.6 Å². The van der Waals surface area contributed by atoms with Crippen LogP contribution in [0, 0.1) is 0 Å². The van der Waals surface area contributed by atoms with Gasteiger partial charge in [0.1, 0.15) is 5.75 Å². The standard InChI is InChI=1S/C19H33N3O4/c1-5-20-19(21-9-10-25-12-11-24-4)22-14-18(23)16-7-6-8-17(13-16)26-15(2)3/h6-8,13,15,18,23H,5,9-12,14H2,1-4H3,(H2,20,21,22). The van der Waals surface area contributed by atoms with Crippen molar-refractivity contribution in [2.24, 2.45) is 4.99 Å². The van der Waals surface area contributed by atoms with E-state index in [1.54, 1.807) is 7.11 Å². The van der Waals surface area contributed by atoms with Gasteiger partial charge >= 0.3 is 0 Å². The Bertz CT molecular complexity index is 523. The van der Waals surface area contributed by atoms with Crippen molar-refractivity contribution >= 4 is 5.96 Å². The van der Waals surface area contributed by atoms with Gasteiger partial charge in [0, 0.05) is 20.2 Å². The average Bonchev–Trinajstić information content (AvgIpc) is 2.61. The Morgan fingerprint density at radius 2 is 2.00 bits per heavy atom. The normalized spacial score (nSPS) is 12.9. The molecule has 1 aromatic carbocycles. The summed E-state index contributed by atoms with van der Waals surface area (Å²) < 4.78 is 16.0. The first-order valence-electron chi connectivity index (χ1n) is 9.10. The third kappa shape index (κ3) is 9.60. The number of guanidine groups is 1. The lowest BCUT2D eigenvalue weighted by Crippen LogP contribution is -2.39. The fourth-order valence-corrected chi connectivity index (χ4v) is 2.18. The van der Waals surface area contributed by atoms with Crippen molar-refractivity contribution in [3.8, 4) is 5.75 Å². The molecule has 1 atom stereocenters. The van der Waals surface area contributed by atoms with Gasteiger partial charge in [0.2, 0.25) is 0 Å². The molecule has 0 aliphatic carbocycles. The van der Waals surface area contributed by atoms with Gasteiger partial charge < -0.3 is 30.0 Å². The van der Waals surface area contributed by atoms with Crippen LogP contribution in [-0.4, -0.2) is 63.7 Å². The zero-order valence-electron chi connectivity index (χ0n) is 16.3. The van der Waals surface area contributed by atoms with Gasteiger partial charge in [-0.25, -0.2) is 0 Å². The molecule has 1 aromatic rings. The summed E-state index contributed by atoms with van der Waals surface area (Å²) in [6.07, 6.45) is -0.602. The molecule has 7 heteroatoms. The second-order valence-corrected chi connectivity index (χ2v) is 6.01. The quantitative estimate of drug-likeness (QED) is 0.296. The molecule has 148 valence electrons. The molecule has 0 fully saturated rings. The average molecular weight is 367 g/mol. The summed E-state index contributed by atoms with van der Waals surface area (Å²) in [6.45, 7) is 9.28. The number of hydrogen-bond donors (Lipinski definition) is 3. The number of rotatable bonds is 12. The number of methoxy groups -OCH3 is 1. The van der Waals surface area contributed by atoms with E-state index >= 15 is 0 Å². The fourth-order valence-electron chi connectivity index (χ4n) is 2.18. The van der Waals surface area contributed by atoms with Crippen LogP contribution in [0.15, 0.2) is 29.3 Å². The number of benzene rings is 1. The van der Waals surface area contributed by atoms with Crippen LogP contribution < -0.4 is 15.4 Å². The van der Waals surface area contributed by atoms with Crippen LogP contribution >= 0.6 is 0 Å².